The van der Waals surface area contributed by atoms with Gasteiger partial charge in [-0.2, -0.15) is 13.2 Å². The second-order valence-electron chi connectivity index (χ2n) is 4.98. The Morgan fingerprint density at radius 1 is 1.12 bits per heavy atom. The molecule has 0 saturated heterocycles. The molecule has 0 spiro atoms. The molecule has 3 aromatic rings. The van der Waals surface area contributed by atoms with E-state index in [-0.39, 0.29) is 17.2 Å². The number of halogens is 4. The van der Waals surface area contributed by atoms with E-state index in [1.807, 2.05) is 0 Å². The first-order valence-corrected chi connectivity index (χ1v) is 7.10. The molecular formula is C16H10ClF3N2O2. The Morgan fingerprint density at radius 3 is 2.50 bits per heavy atom. The summed E-state index contributed by atoms with van der Waals surface area (Å²) in [5.74, 6) is -0.0923. The topological polar surface area (TPSA) is 68.3 Å². The summed E-state index contributed by atoms with van der Waals surface area (Å²) in [7, 11) is 0. The monoisotopic (exact) mass is 354 g/mol. The molecule has 0 unspecified atom stereocenters. The van der Waals surface area contributed by atoms with Crippen LogP contribution in [-0.4, -0.2) is 6.03 Å². The summed E-state index contributed by atoms with van der Waals surface area (Å²) in [4.78, 5) is 11.1. The summed E-state index contributed by atoms with van der Waals surface area (Å²) in [6, 6.07) is 8.63. The first-order chi connectivity index (χ1) is 11.3. The van der Waals surface area contributed by atoms with E-state index in [0.29, 0.717) is 15.8 Å². The Bertz CT molecular complexity index is 935. The number of nitrogens with one attached hydrogen (secondary N) is 1. The molecule has 4 nitrogen and oxygen atoms in total. The third-order valence-corrected chi connectivity index (χ3v) is 3.62. The van der Waals surface area contributed by atoms with Crippen LogP contribution in [0.1, 0.15) is 5.56 Å². The number of furan rings is 1. The molecule has 0 aliphatic rings. The van der Waals surface area contributed by atoms with Crippen molar-refractivity contribution >= 4 is 34.3 Å². The molecule has 2 amide bonds. The highest BCUT2D eigenvalue weighted by molar-refractivity contribution is 6.31. The normalized spacial score (nSPS) is 11.7. The van der Waals surface area contributed by atoms with Crippen LogP contribution < -0.4 is 11.1 Å². The van der Waals surface area contributed by atoms with Crippen LogP contribution in [0.4, 0.5) is 23.8 Å². The lowest BCUT2D eigenvalue weighted by atomic mass is 10.0. The lowest BCUT2D eigenvalue weighted by molar-refractivity contribution is -0.137. The summed E-state index contributed by atoms with van der Waals surface area (Å²) >= 11 is 5.95. The molecule has 24 heavy (non-hydrogen) atoms. The van der Waals surface area contributed by atoms with E-state index in [0.717, 1.165) is 6.07 Å². The van der Waals surface area contributed by atoms with Crippen molar-refractivity contribution in [3.8, 4) is 11.3 Å². The summed E-state index contributed by atoms with van der Waals surface area (Å²) in [6.45, 7) is 0. The number of hydrogen-bond acceptors (Lipinski definition) is 2. The molecular weight excluding hydrogens is 345 g/mol. The smallest absolute Gasteiger partial charge is 0.417 e. The fourth-order valence-corrected chi connectivity index (χ4v) is 2.62. The van der Waals surface area contributed by atoms with Crippen molar-refractivity contribution in [2.45, 2.75) is 6.18 Å². The highest BCUT2D eigenvalue weighted by atomic mass is 35.5. The lowest BCUT2D eigenvalue weighted by Gasteiger charge is -2.11. The summed E-state index contributed by atoms with van der Waals surface area (Å²) in [5.41, 5.74) is 4.06. The SMILES string of the molecule is NC(=O)Nc1oc(-c2ccccc2C(F)(F)F)c2cc(Cl)ccc12. The molecule has 0 aliphatic heterocycles. The van der Waals surface area contributed by atoms with Crippen molar-refractivity contribution in [2.75, 3.05) is 5.32 Å². The number of nitrogens with two attached hydrogens (primary N) is 1. The van der Waals surface area contributed by atoms with E-state index >= 15 is 0 Å². The predicted octanol–water partition coefficient (Wildman–Crippen LogP) is 5.26. The van der Waals surface area contributed by atoms with E-state index in [9.17, 15) is 18.0 Å². The number of hydrogen-bond donors (Lipinski definition) is 2. The van der Waals surface area contributed by atoms with Gasteiger partial charge in [-0.05, 0) is 24.3 Å². The van der Waals surface area contributed by atoms with Gasteiger partial charge >= 0.3 is 12.2 Å². The zero-order valence-electron chi connectivity index (χ0n) is 11.9. The number of rotatable bonds is 2. The van der Waals surface area contributed by atoms with Crippen LogP contribution in [0, 0.1) is 0 Å². The van der Waals surface area contributed by atoms with Crippen LogP contribution in [0.5, 0.6) is 0 Å². The molecule has 0 bridgehead atoms. The average molecular weight is 355 g/mol. The van der Waals surface area contributed by atoms with Crippen LogP contribution in [0.15, 0.2) is 46.9 Å². The average Bonchev–Trinajstić information content (AvgIpc) is 2.83. The number of carbonyl (C=O) groups is 1. The highest BCUT2D eigenvalue weighted by Crippen LogP contribution is 2.43. The van der Waals surface area contributed by atoms with E-state index in [4.69, 9.17) is 21.8 Å². The number of fused-ring (bicyclic) bond motifs is 1. The van der Waals surface area contributed by atoms with Gasteiger partial charge in [0.1, 0.15) is 5.76 Å². The summed E-state index contributed by atoms with van der Waals surface area (Å²) in [6.07, 6.45) is -4.56. The number of urea groups is 1. The third-order valence-electron chi connectivity index (χ3n) is 3.39. The first-order valence-electron chi connectivity index (χ1n) is 6.72. The van der Waals surface area contributed by atoms with Crippen LogP contribution in [0.25, 0.3) is 22.1 Å². The van der Waals surface area contributed by atoms with Gasteiger partial charge in [-0.1, -0.05) is 29.8 Å². The van der Waals surface area contributed by atoms with Gasteiger partial charge in [-0.3, -0.25) is 5.32 Å². The van der Waals surface area contributed by atoms with E-state index in [2.05, 4.69) is 5.32 Å². The maximum atomic E-state index is 13.3. The van der Waals surface area contributed by atoms with Gasteiger partial charge in [-0.15, -0.1) is 0 Å². The van der Waals surface area contributed by atoms with Gasteiger partial charge in [0.2, 0.25) is 5.88 Å². The van der Waals surface area contributed by atoms with Crippen LogP contribution >= 0.6 is 11.6 Å². The highest BCUT2D eigenvalue weighted by Gasteiger charge is 2.35. The number of alkyl halides is 3. The molecule has 3 N–H and O–H groups in total. The van der Waals surface area contributed by atoms with Crippen molar-refractivity contribution in [1.82, 2.24) is 0 Å². The van der Waals surface area contributed by atoms with Crippen LogP contribution in [0.2, 0.25) is 5.02 Å². The van der Waals surface area contributed by atoms with Crippen molar-refractivity contribution in [3.63, 3.8) is 0 Å². The van der Waals surface area contributed by atoms with Crippen molar-refractivity contribution < 1.29 is 22.4 Å². The molecule has 0 fully saturated rings. The standard InChI is InChI=1S/C16H10ClF3N2O2/c17-8-5-6-9-11(7-8)13(24-14(9)22-15(21)23)10-3-1-2-4-12(10)16(18,19)20/h1-7H,(H3,21,22,23). The zero-order chi connectivity index (χ0) is 17.5. The molecule has 124 valence electrons. The van der Waals surface area contributed by atoms with E-state index in [1.54, 1.807) is 0 Å². The maximum Gasteiger partial charge on any atom is 0.417 e. The Balaban J connectivity index is 2.31. The zero-order valence-corrected chi connectivity index (χ0v) is 12.7. The largest absolute Gasteiger partial charge is 0.439 e. The Labute approximate surface area is 139 Å². The molecule has 0 aliphatic carbocycles. The van der Waals surface area contributed by atoms with Gasteiger partial charge < -0.3 is 10.2 Å². The minimum absolute atomic E-state index is 0.0406. The Hall–Kier alpha value is -2.67. The Kier molecular flexibility index (Phi) is 3.88. The second-order valence-corrected chi connectivity index (χ2v) is 5.42. The van der Waals surface area contributed by atoms with Crippen molar-refractivity contribution in [3.05, 3.63) is 53.1 Å². The van der Waals surface area contributed by atoms with Gasteiger partial charge in [-0.25, -0.2) is 4.79 Å². The quantitative estimate of drug-likeness (QED) is 0.658. The third kappa shape index (κ3) is 2.90. The summed E-state index contributed by atoms with van der Waals surface area (Å²) in [5, 5.41) is 3.31. The molecule has 3 rings (SSSR count). The number of anilines is 1. The lowest BCUT2D eigenvalue weighted by Crippen LogP contribution is -2.18. The van der Waals surface area contributed by atoms with E-state index in [1.165, 1.54) is 36.4 Å². The van der Waals surface area contributed by atoms with Crippen molar-refractivity contribution in [1.29, 1.82) is 0 Å². The minimum Gasteiger partial charge on any atom is -0.439 e. The fraction of sp³-hybridized carbons (Fsp3) is 0.0625. The maximum absolute atomic E-state index is 13.3. The molecule has 8 heteroatoms. The van der Waals surface area contributed by atoms with Gasteiger partial charge in [0.05, 0.1) is 5.56 Å². The number of amides is 2. The minimum atomic E-state index is -4.56. The Morgan fingerprint density at radius 2 is 1.83 bits per heavy atom. The molecule has 1 heterocycles. The number of carbonyl (C=O) groups excluding carboxylic acids is 1. The number of benzene rings is 2. The fourth-order valence-electron chi connectivity index (χ4n) is 2.45. The van der Waals surface area contributed by atoms with Gasteiger partial charge in [0.15, 0.2) is 0 Å². The first kappa shape index (κ1) is 16.2. The molecule has 2 aromatic carbocycles. The van der Waals surface area contributed by atoms with Gasteiger partial charge in [0, 0.05) is 21.4 Å². The molecule has 0 atom stereocenters. The molecule has 0 radical (unpaired) electrons. The summed E-state index contributed by atoms with van der Waals surface area (Å²) < 4.78 is 45.3. The van der Waals surface area contributed by atoms with E-state index < -0.39 is 17.8 Å². The molecule has 0 saturated carbocycles. The molecule has 1 aromatic heterocycles. The van der Waals surface area contributed by atoms with Crippen LogP contribution in [0.3, 0.4) is 0 Å². The second kappa shape index (κ2) is 5.76. The van der Waals surface area contributed by atoms with Gasteiger partial charge in [0.25, 0.3) is 0 Å². The van der Waals surface area contributed by atoms with Crippen LogP contribution in [-0.2, 0) is 6.18 Å². The number of primary amides is 1. The van der Waals surface area contributed by atoms with Crippen molar-refractivity contribution in [2.24, 2.45) is 5.73 Å². The predicted molar refractivity (Wildman–Crippen MR) is 84.9 cm³/mol.